The van der Waals surface area contributed by atoms with Crippen molar-refractivity contribution in [3.63, 3.8) is 0 Å². The van der Waals surface area contributed by atoms with Crippen molar-refractivity contribution in [1.29, 1.82) is 0 Å². The van der Waals surface area contributed by atoms with E-state index >= 15 is 0 Å². The maximum absolute atomic E-state index is 12.5. The summed E-state index contributed by atoms with van der Waals surface area (Å²) in [7, 11) is 0. The molecule has 0 unspecified atom stereocenters. The number of carbonyl (C=O) groups excluding carboxylic acids is 2. The van der Waals surface area contributed by atoms with Crippen LogP contribution in [0.15, 0.2) is 48.5 Å². The van der Waals surface area contributed by atoms with E-state index in [1.165, 1.54) is 0 Å². The van der Waals surface area contributed by atoms with Gasteiger partial charge < -0.3 is 20.5 Å². The molecule has 4 rings (SSSR count). The van der Waals surface area contributed by atoms with Crippen LogP contribution in [0, 0.1) is 5.41 Å². The Labute approximate surface area is 206 Å². The van der Waals surface area contributed by atoms with Gasteiger partial charge in [0.1, 0.15) is 6.61 Å². The van der Waals surface area contributed by atoms with Crippen LogP contribution in [0.3, 0.4) is 0 Å². The zero-order chi connectivity index (χ0) is 24.8. The minimum atomic E-state index is -0.893. The summed E-state index contributed by atoms with van der Waals surface area (Å²) in [5.74, 6) is -1.15. The molecule has 2 aliphatic rings. The van der Waals surface area contributed by atoms with Gasteiger partial charge in [0.25, 0.3) is 0 Å². The summed E-state index contributed by atoms with van der Waals surface area (Å²) in [6.45, 7) is 2.07. The van der Waals surface area contributed by atoms with Crippen molar-refractivity contribution in [1.82, 2.24) is 10.6 Å². The molecule has 0 bridgehead atoms. The summed E-state index contributed by atoms with van der Waals surface area (Å²) in [5, 5.41) is 15.3. The van der Waals surface area contributed by atoms with E-state index in [4.69, 9.17) is 4.74 Å². The molecule has 3 N–H and O–H groups in total. The molecule has 7 nitrogen and oxygen atoms in total. The highest BCUT2D eigenvalue weighted by atomic mass is 16.5. The van der Waals surface area contributed by atoms with Crippen LogP contribution in [0.4, 0.5) is 4.79 Å². The summed E-state index contributed by atoms with van der Waals surface area (Å²) < 4.78 is 5.55. The second-order valence-electron chi connectivity index (χ2n) is 9.85. The normalized spacial score (nSPS) is 17.4. The molecule has 0 spiro atoms. The zero-order valence-electron chi connectivity index (χ0n) is 20.2. The Hall–Kier alpha value is -3.35. The van der Waals surface area contributed by atoms with Crippen LogP contribution < -0.4 is 10.6 Å². The summed E-state index contributed by atoms with van der Waals surface area (Å²) >= 11 is 0. The van der Waals surface area contributed by atoms with Gasteiger partial charge in [0.15, 0.2) is 0 Å². The molecule has 2 aromatic rings. The second-order valence-corrected chi connectivity index (χ2v) is 9.85. The fourth-order valence-corrected chi connectivity index (χ4v) is 5.38. The van der Waals surface area contributed by atoms with Gasteiger partial charge in [-0.1, -0.05) is 74.2 Å². The largest absolute Gasteiger partial charge is 0.481 e. The molecule has 1 saturated carbocycles. The summed E-state index contributed by atoms with van der Waals surface area (Å²) in [4.78, 5) is 36.8. The van der Waals surface area contributed by atoms with E-state index < -0.39 is 23.5 Å². The molecule has 35 heavy (non-hydrogen) atoms. The Morgan fingerprint density at radius 3 is 2.11 bits per heavy atom. The first-order chi connectivity index (χ1) is 16.9. The average molecular weight is 479 g/mol. The van der Waals surface area contributed by atoms with Crippen molar-refractivity contribution in [3.05, 3.63) is 59.7 Å². The number of rotatable bonds is 8. The van der Waals surface area contributed by atoms with Gasteiger partial charge in [-0.25, -0.2) is 4.79 Å². The predicted molar refractivity (Wildman–Crippen MR) is 133 cm³/mol. The molecular weight excluding hydrogens is 444 g/mol. The van der Waals surface area contributed by atoms with Crippen molar-refractivity contribution in [2.24, 2.45) is 5.41 Å². The molecule has 0 aromatic heterocycles. The van der Waals surface area contributed by atoms with Crippen molar-refractivity contribution in [2.75, 3.05) is 13.2 Å². The third-order valence-electron chi connectivity index (χ3n) is 7.34. The third kappa shape index (κ3) is 5.66. The molecule has 7 heteroatoms. The van der Waals surface area contributed by atoms with E-state index in [0.717, 1.165) is 47.9 Å². The van der Waals surface area contributed by atoms with Crippen LogP contribution in [0.1, 0.15) is 68.9 Å². The number of ether oxygens (including phenoxy) is 1. The number of alkyl carbamates (subject to hydrolysis) is 1. The SMILES string of the molecule is C[C@H](CC(=O)NCC1(C(=O)O)CCCCCC1)NC(=O)OCC1c2ccccc2-c2ccccc21. The van der Waals surface area contributed by atoms with Crippen LogP contribution in [0.2, 0.25) is 0 Å². The highest BCUT2D eigenvalue weighted by Gasteiger charge is 2.39. The Bertz CT molecular complexity index is 1030. The predicted octanol–water partition coefficient (Wildman–Crippen LogP) is 4.85. The number of carboxylic acids is 1. The van der Waals surface area contributed by atoms with Crippen molar-refractivity contribution < 1.29 is 24.2 Å². The molecule has 2 aliphatic carbocycles. The number of fused-ring (bicyclic) bond motifs is 3. The first-order valence-corrected chi connectivity index (χ1v) is 12.5. The number of hydrogen-bond acceptors (Lipinski definition) is 4. The van der Waals surface area contributed by atoms with Crippen LogP contribution in [-0.4, -0.2) is 42.3 Å². The topological polar surface area (TPSA) is 105 Å². The maximum atomic E-state index is 12.5. The van der Waals surface area contributed by atoms with E-state index in [1.54, 1.807) is 6.92 Å². The van der Waals surface area contributed by atoms with E-state index in [0.29, 0.717) is 12.8 Å². The Morgan fingerprint density at radius 1 is 0.971 bits per heavy atom. The molecule has 2 amide bonds. The smallest absolute Gasteiger partial charge is 0.407 e. The van der Waals surface area contributed by atoms with Gasteiger partial charge in [-0.05, 0) is 42.0 Å². The van der Waals surface area contributed by atoms with Crippen LogP contribution in [-0.2, 0) is 14.3 Å². The summed E-state index contributed by atoms with van der Waals surface area (Å²) in [6.07, 6.45) is 4.43. The summed E-state index contributed by atoms with van der Waals surface area (Å²) in [6, 6.07) is 15.8. The summed E-state index contributed by atoms with van der Waals surface area (Å²) in [5.41, 5.74) is 3.71. The van der Waals surface area contributed by atoms with E-state index in [1.807, 2.05) is 24.3 Å². The standard InChI is InChI=1S/C28H34N2O5/c1-19(16-25(31)29-18-28(26(32)33)14-8-2-3-9-15-28)30-27(34)35-17-24-22-12-6-4-10-20(22)21-11-5-7-13-23(21)24/h4-7,10-13,19,24H,2-3,8-9,14-18H2,1H3,(H,29,31)(H,30,34)(H,32,33)/t19-/m1/s1. The molecule has 1 atom stereocenters. The number of carboxylic acid groups (broad SMARTS) is 1. The number of carbonyl (C=O) groups is 3. The minimum absolute atomic E-state index is 0.0291. The molecule has 0 radical (unpaired) electrons. The Morgan fingerprint density at radius 2 is 1.54 bits per heavy atom. The quantitative estimate of drug-likeness (QED) is 0.471. The number of amides is 2. The lowest BCUT2D eigenvalue weighted by Gasteiger charge is -2.28. The molecule has 2 aromatic carbocycles. The molecule has 0 aliphatic heterocycles. The third-order valence-corrected chi connectivity index (χ3v) is 7.34. The fraction of sp³-hybridized carbons (Fsp3) is 0.464. The fourth-order valence-electron chi connectivity index (χ4n) is 5.38. The number of aliphatic carboxylic acids is 1. The Balaban J connectivity index is 1.26. The lowest BCUT2D eigenvalue weighted by molar-refractivity contribution is -0.149. The highest BCUT2D eigenvalue weighted by molar-refractivity contribution is 5.80. The molecule has 0 saturated heterocycles. The van der Waals surface area contributed by atoms with Gasteiger partial charge in [-0.15, -0.1) is 0 Å². The van der Waals surface area contributed by atoms with E-state index in [-0.39, 0.29) is 31.4 Å². The molecular formula is C28H34N2O5. The lowest BCUT2D eigenvalue weighted by atomic mass is 9.80. The van der Waals surface area contributed by atoms with Crippen LogP contribution in [0.25, 0.3) is 11.1 Å². The second kappa shape index (κ2) is 10.9. The Kier molecular flexibility index (Phi) is 7.73. The van der Waals surface area contributed by atoms with Gasteiger partial charge in [0.05, 0.1) is 5.41 Å². The van der Waals surface area contributed by atoms with Crippen molar-refractivity contribution in [2.45, 2.75) is 63.8 Å². The number of nitrogens with one attached hydrogen (secondary N) is 2. The van der Waals surface area contributed by atoms with Crippen LogP contribution >= 0.6 is 0 Å². The van der Waals surface area contributed by atoms with E-state index in [2.05, 4.69) is 34.9 Å². The number of benzene rings is 2. The first-order valence-electron chi connectivity index (χ1n) is 12.5. The lowest BCUT2D eigenvalue weighted by Crippen LogP contribution is -2.44. The van der Waals surface area contributed by atoms with Crippen LogP contribution in [0.5, 0.6) is 0 Å². The maximum Gasteiger partial charge on any atom is 0.407 e. The molecule has 1 fully saturated rings. The first kappa shape index (κ1) is 24.8. The molecule has 186 valence electrons. The van der Waals surface area contributed by atoms with Crippen molar-refractivity contribution in [3.8, 4) is 11.1 Å². The van der Waals surface area contributed by atoms with Gasteiger partial charge in [-0.2, -0.15) is 0 Å². The van der Waals surface area contributed by atoms with Gasteiger partial charge >= 0.3 is 12.1 Å². The minimum Gasteiger partial charge on any atom is -0.481 e. The zero-order valence-corrected chi connectivity index (χ0v) is 20.2. The molecule has 0 heterocycles. The average Bonchev–Trinajstić information content (AvgIpc) is 2.97. The van der Waals surface area contributed by atoms with Gasteiger partial charge in [0.2, 0.25) is 5.91 Å². The highest BCUT2D eigenvalue weighted by Crippen LogP contribution is 2.44. The van der Waals surface area contributed by atoms with Crippen molar-refractivity contribution >= 4 is 18.0 Å². The monoisotopic (exact) mass is 478 g/mol. The van der Waals surface area contributed by atoms with E-state index in [9.17, 15) is 19.5 Å². The van der Waals surface area contributed by atoms with Gasteiger partial charge in [0, 0.05) is 24.9 Å². The van der Waals surface area contributed by atoms with Gasteiger partial charge in [-0.3, -0.25) is 9.59 Å². The number of hydrogen-bond donors (Lipinski definition) is 3.